The molecule has 18 heavy (non-hydrogen) atoms. The van der Waals surface area contributed by atoms with Crippen LogP contribution in [0.4, 0.5) is 0 Å². The van der Waals surface area contributed by atoms with Crippen LogP contribution in [0.3, 0.4) is 0 Å². The Kier molecular flexibility index (Phi) is 9.92. The highest BCUT2D eigenvalue weighted by molar-refractivity contribution is 5.66. The summed E-state index contributed by atoms with van der Waals surface area (Å²) in [5, 5.41) is 18.6. The van der Waals surface area contributed by atoms with Gasteiger partial charge in [0, 0.05) is 20.1 Å². The zero-order valence-corrected chi connectivity index (χ0v) is 11.6. The van der Waals surface area contributed by atoms with E-state index in [9.17, 15) is 9.90 Å². The van der Waals surface area contributed by atoms with E-state index in [4.69, 9.17) is 14.6 Å². The topological polar surface area (TPSA) is 76.0 Å². The van der Waals surface area contributed by atoms with Crippen LogP contribution in [0.15, 0.2) is 0 Å². The Morgan fingerprint density at radius 3 is 2.56 bits per heavy atom. The number of hydrogen-bond acceptors (Lipinski definition) is 4. The Hall–Kier alpha value is -0.650. The Bertz CT molecular complexity index is 219. The Balaban J connectivity index is 4.00. The summed E-state index contributed by atoms with van der Waals surface area (Å²) < 4.78 is 10.6. The van der Waals surface area contributed by atoms with E-state index in [1.807, 2.05) is 6.92 Å². The van der Waals surface area contributed by atoms with Crippen molar-refractivity contribution in [2.75, 3.05) is 20.3 Å². The average molecular weight is 262 g/mol. The fourth-order valence-corrected chi connectivity index (χ4v) is 1.83. The first-order chi connectivity index (χ1) is 8.52. The first kappa shape index (κ1) is 17.4. The van der Waals surface area contributed by atoms with Gasteiger partial charge >= 0.3 is 5.97 Å². The number of aliphatic carboxylic acids is 1. The largest absolute Gasteiger partial charge is 0.481 e. The molecule has 0 saturated carbocycles. The van der Waals surface area contributed by atoms with Gasteiger partial charge in [0.2, 0.25) is 0 Å². The zero-order valence-electron chi connectivity index (χ0n) is 11.6. The molecule has 0 aliphatic heterocycles. The minimum Gasteiger partial charge on any atom is -0.481 e. The lowest BCUT2D eigenvalue weighted by Crippen LogP contribution is -2.37. The second kappa shape index (κ2) is 10.3. The highest BCUT2D eigenvalue weighted by atomic mass is 16.5. The van der Waals surface area contributed by atoms with Gasteiger partial charge in [-0.05, 0) is 18.8 Å². The molecule has 3 atom stereocenters. The molecule has 0 amide bonds. The minimum absolute atomic E-state index is 0.0177. The molecule has 0 rings (SSSR count). The van der Waals surface area contributed by atoms with Crippen LogP contribution >= 0.6 is 0 Å². The van der Waals surface area contributed by atoms with Gasteiger partial charge < -0.3 is 19.7 Å². The summed E-state index contributed by atoms with van der Waals surface area (Å²) in [6.45, 7) is 4.82. The van der Waals surface area contributed by atoms with Crippen LogP contribution in [-0.2, 0) is 14.3 Å². The maximum absolute atomic E-state index is 10.5. The van der Waals surface area contributed by atoms with Gasteiger partial charge in [-0.3, -0.25) is 4.79 Å². The number of carbonyl (C=O) groups is 1. The van der Waals surface area contributed by atoms with Crippen LogP contribution in [0.2, 0.25) is 0 Å². The summed E-state index contributed by atoms with van der Waals surface area (Å²) in [5.41, 5.74) is 0. The van der Waals surface area contributed by atoms with E-state index < -0.39 is 12.1 Å². The molecule has 0 aliphatic carbocycles. The highest BCUT2D eigenvalue weighted by Gasteiger charge is 2.25. The van der Waals surface area contributed by atoms with Gasteiger partial charge in [-0.1, -0.05) is 20.3 Å². The number of rotatable bonds is 11. The second-order valence-electron chi connectivity index (χ2n) is 4.61. The number of ether oxygens (including phenoxy) is 2. The van der Waals surface area contributed by atoms with E-state index in [0.29, 0.717) is 13.0 Å². The van der Waals surface area contributed by atoms with E-state index >= 15 is 0 Å². The van der Waals surface area contributed by atoms with E-state index in [-0.39, 0.29) is 25.0 Å². The van der Waals surface area contributed by atoms with E-state index in [0.717, 1.165) is 12.8 Å². The zero-order chi connectivity index (χ0) is 14.0. The maximum Gasteiger partial charge on any atom is 0.303 e. The number of methoxy groups -OCH3 is 1. The predicted octanol–water partition coefficient (Wildman–Crippen LogP) is 1.68. The summed E-state index contributed by atoms with van der Waals surface area (Å²) >= 11 is 0. The van der Waals surface area contributed by atoms with Crippen molar-refractivity contribution in [3.05, 3.63) is 0 Å². The predicted molar refractivity (Wildman–Crippen MR) is 68.6 cm³/mol. The normalized spacial score (nSPS) is 16.2. The van der Waals surface area contributed by atoms with Crippen molar-refractivity contribution in [3.8, 4) is 0 Å². The van der Waals surface area contributed by atoms with Gasteiger partial charge in [-0.25, -0.2) is 0 Å². The van der Waals surface area contributed by atoms with Crippen LogP contribution in [-0.4, -0.2) is 48.7 Å². The lowest BCUT2D eigenvalue weighted by Gasteiger charge is -2.27. The summed E-state index contributed by atoms with van der Waals surface area (Å²) in [6, 6.07) is 0. The molecular weight excluding hydrogens is 236 g/mol. The van der Waals surface area contributed by atoms with Gasteiger partial charge in [-0.2, -0.15) is 0 Å². The van der Waals surface area contributed by atoms with Crippen molar-refractivity contribution in [2.45, 2.75) is 51.7 Å². The van der Waals surface area contributed by atoms with E-state index in [1.165, 1.54) is 7.11 Å². The van der Waals surface area contributed by atoms with Gasteiger partial charge in [0.15, 0.2) is 0 Å². The molecule has 0 aromatic rings. The van der Waals surface area contributed by atoms with E-state index in [1.54, 1.807) is 0 Å². The molecule has 2 N–H and O–H groups in total. The first-order valence-electron chi connectivity index (χ1n) is 6.53. The number of carboxylic acid groups (broad SMARTS) is 1. The first-order valence-corrected chi connectivity index (χ1v) is 6.53. The number of unbranched alkanes of at least 4 members (excludes halogenated alkanes) is 1. The molecule has 5 nitrogen and oxygen atoms in total. The quantitative estimate of drug-likeness (QED) is 0.554. The molecule has 0 bridgehead atoms. The molecule has 0 spiro atoms. The summed E-state index contributed by atoms with van der Waals surface area (Å²) in [4.78, 5) is 10.5. The molecule has 1 unspecified atom stereocenters. The van der Waals surface area contributed by atoms with Crippen LogP contribution in [0.5, 0.6) is 0 Å². The van der Waals surface area contributed by atoms with Crippen molar-refractivity contribution in [1.82, 2.24) is 0 Å². The lowest BCUT2D eigenvalue weighted by atomic mass is 9.95. The van der Waals surface area contributed by atoms with Crippen LogP contribution in [0.1, 0.15) is 39.5 Å². The van der Waals surface area contributed by atoms with E-state index in [2.05, 4.69) is 6.92 Å². The van der Waals surface area contributed by atoms with Crippen molar-refractivity contribution >= 4 is 5.97 Å². The third kappa shape index (κ3) is 7.63. The van der Waals surface area contributed by atoms with Gasteiger partial charge in [0.05, 0.1) is 12.7 Å². The molecule has 0 heterocycles. The summed E-state index contributed by atoms with van der Waals surface area (Å²) in [6.07, 6.45) is 1.50. The minimum atomic E-state index is -0.828. The highest BCUT2D eigenvalue weighted by Crippen LogP contribution is 2.17. The molecule has 108 valence electrons. The third-order valence-corrected chi connectivity index (χ3v) is 2.96. The molecular formula is C13H26O5. The number of hydrogen-bond donors (Lipinski definition) is 2. The number of aliphatic hydroxyl groups excluding tert-OH is 1. The van der Waals surface area contributed by atoms with Gasteiger partial charge in [0.25, 0.3) is 0 Å². The molecule has 5 heteroatoms. The van der Waals surface area contributed by atoms with Crippen LogP contribution in [0.25, 0.3) is 0 Å². The Morgan fingerprint density at radius 2 is 2.06 bits per heavy atom. The van der Waals surface area contributed by atoms with Crippen molar-refractivity contribution < 1.29 is 24.5 Å². The second-order valence-corrected chi connectivity index (χ2v) is 4.61. The van der Waals surface area contributed by atoms with Crippen molar-refractivity contribution in [2.24, 2.45) is 5.92 Å². The fourth-order valence-electron chi connectivity index (χ4n) is 1.83. The van der Waals surface area contributed by atoms with Gasteiger partial charge in [-0.15, -0.1) is 0 Å². The Morgan fingerprint density at radius 1 is 1.39 bits per heavy atom. The standard InChI is InChI=1S/C13H26O5/c1-4-5-8-18-9-11(14)13(17-3)10(2)6-7-12(15)16/h10-11,13-14H,4-9H2,1-3H3,(H,15,16)/t10-,11?,13-/m0/s1. The molecule has 0 aliphatic rings. The third-order valence-electron chi connectivity index (χ3n) is 2.96. The van der Waals surface area contributed by atoms with Crippen LogP contribution < -0.4 is 0 Å². The summed E-state index contributed by atoms with van der Waals surface area (Å²) in [5.74, 6) is -0.846. The van der Waals surface area contributed by atoms with Crippen molar-refractivity contribution in [3.63, 3.8) is 0 Å². The van der Waals surface area contributed by atoms with Gasteiger partial charge in [0.1, 0.15) is 6.10 Å². The summed E-state index contributed by atoms with van der Waals surface area (Å²) in [7, 11) is 1.52. The molecule has 0 saturated heterocycles. The lowest BCUT2D eigenvalue weighted by molar-refractivity contribution is -0.138. The monoisotopic (exact) mass is 262 g/mol. The number of carboxylic acids is 1. The Labute approximate surface area is 109 Å². The van der Waals surface area contributed by atoms with Crippen molar-refractivity contribution in [1.29, 1.82) is 0 Å². The molecule has 0 aromatic heterocycles. The maximum atomic E-state index is 10.5. The SMILES string of the molecule is CCCCOCC(O)[C@@H](OC)[C@@H](C)CCC(=O)O. The van der Waals surface area contributed by atoms with Crippen LogP contribution in [0, 0.1) is 5.92 Å². The fraction of sp³-hybridized carbons (Fsp3) is 0.923. The molecule has 0 fully saturated rings. The average Bonchev–Trinajstić information content (AvgIpc) is 2.33. The smallest absolute Gasteiger partial charge is 0.303 e. The molecule has 0 aromatic carbocycles. The molecule has 0 radical (unpaired) electrons. The number of aliphatic hydroxyl groups is 1.